The Hall–Kier alpha value is -2.01. The van der Waals surface area contributed by atoms with Crippen molar-refractivity contribution < 1.29 is 19.0 Å². The Bertz CT molecular complexity index is 643. The molecule has 0 fully saturated rings. The molecule has 0 aromatic heterocycles. The lowest BCUT2D eigenvalue weighted by molar-refractivity contribution is 0.0696. The van der Waals surface area contributed by atoms with E-state index in [1.807, 2.05) is 31.2 Å². The van der Waals surface area contributed by atoms with Crippen LogP contribution in [0.1, 0.15) is 22.8 Å². The molecule has 21 heavy (non-hydrogen) atoms. The Morgan fingerprint density at radius 3 is 2.76 bits per heavy atom. The van der Waals surface area contributed by atoms with Gasteiger partial charge in [0, 0.05) is 16.2 Å². The molecule has 0 heterocycles. The summed E-state index contributed by atoms with van der Waals surface area (Å²) >= 11 is 1.25. The van der Waals surface area contributed by atoms with Gasteiger partial charge in [0.25, 0.3) is 0 Å². The Morgan fingerprint density at radius 1 is 1.29 bits per heavy atom. The average Bonchev–Trinajstić information content (AvgIpc) is 2.48. The summed E-state index contributed by atoms with van der Waals surface area (Å²) in [6, 6.07) is 11.3. The Balaban J connectivity index is 2.16. The van der Waals surface area contributed by atoms with Crippen LogP contribution in [0, 0.1) is 5.82 Å². The van der Waals surface area contributed by atoms with E-state index in [2.05, 4.69) is 0 Å². The van der Waals surface area contributed by atoms with Crippen LogP contribution < -0.4 is 4.74 Å². The first-order valence-corrected chi connectivity index (χ1v) is 7.46. The second kappa shape index (κ2) is 7.13. The molecule has 0 radical (unpaired) electrons. The maximum atomic E-state index is 13.7. The van der Waals surface area contributed by atoms with Gasteiger partial charge in [-0.25, -0.2) is 9.18 Å². The number of ether oxygens (including phenoxy) is 1. The summed E-state index contributed by atoms with van der Waals surface area (Å²) in [7, 11) is 0. The quantitative estimate of drug-likeness (QED) is 0.812. The molecule has 1 N–H and O–H groups in total. The van der Waals surface area contributed by atoms with Gasteiger partial charge >= 0.3 is 5.97 Å². The highest BCUT2D eigenvalue weighted by Crippen LogP contribution is 2.30. The van der Waals surface area contributed by atoms with Crippen molar-refractivity contribution in [2.45, 2.75) is 17.6 Å². The molecule has 0 amide bonds. The molecule has 0 bridgehead atoms. The molecule has 2 aromatic rings. The van der Waals surface area contributed by atoms with Gasteiger partial charge < -0.3 is 9.84 Å². The van der Waals surface area contributed by atoms with Crippen molar-refractivity contribution in [1.82, 2.24) is 0 Å². The number of thioether (sulfide) groups is 1. The van der Waals surface area contributed by atoms with Crippen LogP contribution in [-0.4, -0.2) is 17.7 Å². The van der Waals surface area contributed by atoms with Crippen molar-refractivity contribution in [3.05, 3.63) is 59.4 Å². The third-order valence-electron chi connectivity index (χ3n) is 2.83. The predicted molar refractivity (Wildman–Crippen MR) is 80.5 cm³/mol. The van der Waals surface area contributed by atoms with E-state index in [4.69, 9.17) is 9.84 Å². The van der Waals surface area contributed by atoms with Crippen LogP contribution in [0.25, 0.3) is 0 Å². The molecule has 5 heteroatoms. The highest BCUT2D eigenvalue weighted by Gasteiger charge is 2.10. The minimum absolute atomic E-state index is 0.0805. The summed E-state index contributed by atoms with van der Waals surface area (Å²) in [5.41, 5.74) is 1.03. The molecule has 0 aliphatic rings. The summed E-state index contributed by atoms with van der Waals surface area (Å²) in [4.78, 5) is 11.2. The number of aromatic carboxylic acids is 1. The normalized spacial score (nSPS) is 10.4. The topological polar surface area (TPSA) is 46.5 Å². The monoisotopic (exact) mass is 306 g/mol. The molecule has 0 saturated carbocycles. The number of rotatable bonds is 6. The lowest BCUT2D eigenvalue weighted by Crippen LogP contribution is -1.98. The van der Waals surface area contributed by atoms with Gasteiger partial charge in [-0.1, -0.05) is 18.2 Å². The molecule has 110 valence electrons. The van der Waals surface area contributed by atoms with E-state index in [0.717, 1.165) is 11.3 Å². The van der Waals surface area contributed by atoms with Gasteiger partial charge in [0.05, 0.1) is 12.2 Å². The largest absolute Gasteiger partial charge is 0.494 e. The smallest absolute Gasteiger partial charge is 0.335 e. The van der Waals surface area contributed by atoms with Gasteiger partial charge in [-0.3, -0.25) is 0 Å². The van der Waals surface area contributed by atoms with Gasteiger partial charge in [0.2, 0.25) is 0 Å². The molecule has 2 rings (SSSR count). The Kier molecular flexibility index (Phi) is 5.22. The average molecular weight is 306 g/mol. The number of para-hydroxylation sites is 1. The van der Waals surface area contributed by atoms with Crippen molar-refractivity contribution in [1.29, 1.82) is 0 Å². The second-order valence-corrected chi connectivity index (χ2v) is 5.30. The number of carboxylic acid groups (broad SMARTS) is 1. The first-order valence-electron chi connectivity index (χ1n) is 6.48. The van der Waals surface area contributed by atoms with Gasteiger partial charge in [-0.15, -0.1) is 11.8 Å². The summed E-state index contributed by atoms with van der Waals surface area (Å²) in [5, 5.41) is 8.95. The first kappa shape index (κ1) is 15.4. The predicted octanol–water partition coefficient (Wildman–Crippen LogP) is 4.21. The zero-order chi connectivity index (χ0) is 15.2. The van der Waals surface area contributed by atoms with Crippen molar-refractivity contribution >= 4 is 17.7 Å². The van der Waals surface area contributed by atoms with Crippen LogP contribution in [-0.2, 0) is 5.75 Å². The molecular weight excluding hydrogens is 291 g/mol. The maximum absolute atomic E-state index is 13.7. The second-order valence-electron chi connectivity index (χ2n) is 4.28. The van der Waals surface area contributed by atoms with Crippen molar-refractivity contribution in [2.75, 3.05) is 6.61 Å². The van der Waals surface area contributed by atoms with Gasteiger partial charge in [0.1, 0.15) is 11.6 Å². The molecule has 0 unspecified atom stereocenters. The third kappa shape index (κ3) is 3.98. The molecule has 0 spiro atoms. The highest BCUT2D eigenvalue weighted by molar-refractivity contribution is 7.98. The number of carbonyl (C=O) groups is 1. The molecule has 0 saturated heterocycles. The summed E-state index contributed by atoms with van der Waals surface area (Å²) < 4.78 is 19.3. The van der Waals surface area contributed by atoms with Gasteiger partial charge in [0.15, 0.2) is 0 Å². The van der Waals surface area contributed by atoms with Crippen LogP contribution in [0.3, 0.4) is 0 Å². The van der Waals surface area contributed by atoms with Crippen LogP contribution in [0.15, 0.2) is 47.4 Å². The molecule has 2 aromatic carbocycles. The fourth-order valence-corrected chi connectivity index (χ4v) is 2.79. The zero-order valence-electron chi connectivity index (χ0n) is 11.5. The third-order valence-corrected chi connectivity index (χ3v) is 3.91. The summed E-state index contributed by atoms with van der Waals surface area (Å²) in [6.45, 7) is 2.46. The van der Waals surface area contributed by atoms with Crippen molar-refractivity contribution in [3.8, 4) is 5.75 Å². The minimum Gasteiger partial charge on any atom is -0.494 e. The molecular formula is C16H15FO3S. The van der Waals surface area contributed by atoms with E-state index in [0.29, 0.717) is 17.3 Å². The molecule has 0 aliphatic heterocycles. The van der Waals surface area contributed by atoms with E-state index in [1.54, 1.807) is 0 Å². The summed E-state index contributed by atoms with van der Waals surface area (Å²) in [6.07, 6.45) is 0. The zero-order valence-corrected chi connectivity index (χ0v) is 12.3. The first-order chi connectivity index (χ1) is 10.1. The van der Waals surface area contributed by atoms with Gasteiger partial charge in [-0.05, 0) is 31.2 Å². The highest BCUT2D eigenvalue weighted by atomic mass is 32.2. The standard InChI is InChI=1S/C16H15FO3S/c1-2-20-14-6-4-3-5-12(14)10-21-15-9-11(16(18)19)7-8-13(15)17/h3-9H,2,10H2,1H3,(H,18,19). The van der Waals surface area contributed by atoms with Crippen molar-refractivity contribution in [2.24, 2.45) is 0 Å². The van der Waals surface area contributed by atoms with Gasteiger partial charge in [-0.2, -0.15) is 0 Å². The number of hydrogen-bond acceptors (Lipinski definition) is 3. The fraction of sp³-hybridized carbons (Fsp3) is 0.188. The lowest BCUT2D eigenvalue weighted by atomic mass is 10.2. The van der Waals surface area contributed by atoms with E-state index >= 15 is 0 Å². The van der Waals surface area contributed by atoms with E-state index in [9.17, 15) is 9.18 Å². The number of hydrogen-bond donors (Lipinski definition) is 1. The molecule has 3 nitrogen and oxygen atoms in total. The van der Waals surface area contributed by atoms with Crippen LogP contribution in [0.4, 0.5) is 4.39 Å². The fourth-order valence-electron chi connectivity index (χ4n) is 1.82. The number of benzene rings is 2. The lowest BCUT2D eigenvalue weighted by Gasteiger charge is -2.10. The van der Waals surface area contributed by atoms with E-state index in [1.165, 1.54) is 30.0 Å². The van der Waals surface area contributed by atoms with E-state index < -0.39 is 11.8 Å². The van der Waals surface area contributed by atoms with E-state index in [-0.39, 0.29) is 5.56 Å². The molecule has 0 atom stereocenters. The van der Waals surface area contributed by atoms with Crippen LogP contribution >= 0.6 is 11.8 Å². The SMILES string of the molecule is CCOc1ccccc1CSc1cc(C(=O)O)ccc1F. The van der Waals surface area contributed by atoms with Crippen LogP contribution in [0.5, 0.6) is 5.75 Å². The van der Waals surface area contributed by atoms with Crippen molar-refractivity contribution in [3.63, 3.8) is 0 Å². The Morgan fingerprint density at radius 2 is 2.05 bits per heavy atom. The molecule has 0 aliphatic carbocycles. The number of carboxylic acids is 1. The maximum Gasteiger partial charge on any atom is 0.335 e. The van der Waals surface area contributed by atoms with Crippen LogP contribution in [0.2, 0.25) is 0 Å². The number of halogens is 1. The minimum atomic E-state index is -1.06. The Labute approximate surface area is 126 Å². The summed E-state index contributed by atoms with van der Waals surface area (Å²) in [5.74, 6) is -0.205.